The minimum absolute atomic E-state index is 0.387. The Labute approximate surface area is 115 Å². The van der Waals surface area contributed by atoms with E-state index in [0.29, 0.717) is 6.04 Å². The number of aryl methyl sites for hydroxylation is 1. The highest BCUT2D eigenvalue weighted by Crippen LogP contribution is 2.19. The fourth-order valence-electron chi connectivity index (χ4n) is 2.63. The van der Waals surface area contributed by atoms with Crippen LogP contribution in [0.15, 0.2) is 5.38 Å². The molecular weight excluding hydrogens is 242 g/mol. The number of nitrogens with one attached hydrogen (secondary N) is 1. The van der Waals surface area contributed by atoms with Crippen LogP contribution in [0.3, 0.4) is 0 Å². The van der Waals surface area contributed by atoms with Crippen LogP contribution in [-0.4, -0.2) is 36.1 Å². The number of hydrogen-bond donors (Lipinski definition) is 1. The van der Waals surface area contributed by atoms with Gasteiger partial charge in [0.15, 0.2) is 0 Å². The first-order chi connectivity index (χ1) is 8.66. The first-order valence-electron chi connectivity index (χ1n) is 7.02. The first-order valence-corrected chi connectivity index (χ1v) is 7.90. The van der Waals surface area contributed by atoms with Crippen molar-refractivity contribution in [1.82, 2.24) is 15.2 Å². The predicted molar refractivity (Wildman–Crippen MR) is 78.2 cm³/mol. The molecule has 1 fully saturated rings. The molecule has 0 saturated carbocycles. The van der Waals surface area contributed by atoms with Crippen LogP contribution in [0.25, 0.3) is 0 Å². The summed E-state index contributed by atoms with van der Waals surface area (Å²) in [7, 11) is 2.26. The lowest BCUT2D eigenvalue weighted by Crippen LogP contribution is -2.38. The summed E-state index contributed by atoms with van der Waals surface area (Å²) in [4.78, 5) is 7.05. The molecule has 2 heterocycles. The molecule has 0 bridgehead atoms. The number of nitrogens with zero attached hydrogens (tertiary/aromatic N) is 2. The Morgan fingerprint density at radius 3 is 3.06 bits per heavy atom. The highest BCUT2D eigenvalue weighted by molar-refractivity contribution is 7.09. The van der Waals surface area contributed by atoms with Gasteiger partial charge in [-0.3, -0.25) is 0 Å². The highest BCUT2D eigenvalue weighted by Gasteiger charge is 2.18. The van der Waals surface area contributed by atoms with E-state index >= 15 is 0 Å². The van der Waals surface area contributed by atoms with Crippen LogP contribution in [0.1, 0.15) is 49.4 Å². The molecule has 18 heavy (non-hydrogen) atoms. The number of hydrogen-bond acceptors (Lipinski definition) is 4. The van der Waals surface area contributed by atoms with Crippen LogP contribution >= 0.6 is 11.3 Å². The quantitative estimate of drug-likeness (QED) is 0.889. The van der Waals surface area contributed by atoms with Crippen LogP contribution in [0.4, 0.5) is 0 Å². The second-order valence-corrected chi connectivity index (χ2v) is 6.31. The maximum Gasteiger partial charge on any atom is 0.110 e. The van der Waals surface area contributed by atoms with Crippen LogP contribution < -0.4 is 5.32 Å². The minimum Gasteiger partial charge on any atom is -0.308 e. The summed E-state index contributed by atoms with van der Waals surface area (Å²) in [6.45, 7) is 6.63. The van der Waals surface area contributed by atoms with Crippen LogP contribution in [0.5, 0.6) is 0 Å². The van der Waals surface area contributed by atoms with Gasteiger partial charge in [0.25, 0.3) is 0 Å². The van der Waals surface area contributed by atoms with Crippen molar-refractivity contribution in [3.05, 3.63) is 16.1 Å². The zero-order valence-electron chi connectivity index (χ0n) is 11.8. The van der Waals surface area contributed by atoms with Gasteiger partial charge in [-0.2, -0.15) is 0 Å². The Kier molecular flexibility index (Phi) is 5.15. The van der Waals surface area contributed by atoms with E-state index in [1.807, 2.05) is 0 Å². The molecular formula is C14H25N3S. The van der Waals surface area contributed by atoms with Gasteiger partial charge >= 0.3 is 0 Å². The Hall–Kier alpha value is -0.450. The normalized spacial score (nSPS) is 23.2. The van der Waals surface area contributed by atoms with E-state index in [1.54, 1.807) is 11.3 Å². The van der Waals surface area contributed by atoms with Crippen LogP contribution in [-0.2, 0) is 0 Å². The molecule has 1 aliphatic rings. The third-order valence-electron chi connectivity index (χ3n) is 3.86. The molecule has 102 valence electrons. The highest BCUT2D eigenvalue weighted by atomic mass is 32.1. The molecule has 0 aromatic carbocycles. The second-order valence-electron chi connectivity index (χ2n) is 5.42. The molecule has 1 saturated heterocycles. The summed E-state index contributed by atoms with van der Waals surface area (Å²) >= 11 is 1.76. The maximum atomic E-state index is 4.54. The summed E-state index contributed by atoms with van der Waals surface area (Å²) in [6.07, 6.45) is 5.39. The largest absolute Gasteiger partial charge is 0.308 e. The van der Waals surface area contributed by atoms with Crippen LogP contribution in [0, 0.1) is 6.92 Å². The van der Waals surface area contributed by atoms with E-state index in [4.69, 9.17) is 0 Å². The number of likely N-dealkylation sites (tertiary alicyclic amines) is 1. The summed E-state index contributed by atoms with van der Waals surface area (Å²) < 4.78 is 0. The Morgan fingerprint density at radius 1 is 1.56 bits per heavy atom. The van der Waals surface area contributed by atoms with E-state index in [9.17, 15) is 0 Å². The van der Waals surface area contributed by atoms with Gasteiger partial charge in [0, 0.05) is 17.1 Å². The van der Waals surface area contributed by atoms with Gasteiger partial charge in [-0.15, -0.1) is 11.3 Å². The molecule has 3 nitrogen and oxygen atoms in total. The third-order valence-corrected chi connectivity index (χ3v) is 5.00. The van der Waals surface area contributed by atoms with E-state index in [-0.39, 0.29) is 0 Å². The molecule has 1 aromatic rings. The van der Waals surface area contributed by atoms with Crippen molar-refractivity contribution in [1.29, 1.82) is 0 Å². The summed E-state index contributed by atoms with van der Waals surface area (Å²) in [5, 5.41) is 6.94. The second kappa shape index (κ2) is 6.64. The van der Waals surface area contributed by atoms with Crippen molar-refractivity contribution in [2.75, 3.05) is 20.1 Å². The van der Waals surface area contributed by atoms with Gasteiger partial charge in [-0.25, -0.2) is 4.98 Å². The van der Waals surface area contributed by atoms with Gasteiger partial charge in [-0.1, -0.05) is 6.42 Å². The molecule has 0 amide bonds. The zero-order valence-corrected chi connectivity index (χ0v) is 12.6. The average Bonchev–Trinajstić information content (AvgIpc) is 2.78. The molecule has 2 unspecified atom stereocenters. The fraction of sp³-hybridized carbons (Fsp3) is 0.786. The van der Waals surface area contributed by atoms with Crippen LogP contribution in [0.2, 0.25) is 0 Å². The SMILES string of the molecule is Cc1csc(C(C)NCCC2CCCCN2C)n1. The number of piperidine rings is 1. The fourth-order valence-corrected chi connectivity index (χ4v) is 3.46. The monoisotopic (exact) mass is 267 g/mol. The Balaban J connectivity index is 1.71. The zero-order chi connectivity index (χ0) is 13.0. The lowest BCUT2D eigenvalue weighted by molar-refractivity contribution is 0.174. The molecule has 4 heteroatoms. The molecule has 0 radical (unpaired) electrons. The van der Waals surface area contributed by atoms with E-state index in [0.717, 1.165) is 18.3 Å². The minimum atomic E-state index is 0.387. The molecule has 2 atom stereocenters. The van der Waals surface area contributed by atoms with E-state index < -0.39 is 0 Å². The molecule has 1 aromatic heterocycles. The van der Waals surface area contributed by atoms with Gasteiger partial charge in [0.1, 0.15) is 5.01 Å². The van der Waals surface area contributed by atoms with Gasteiger partial charge in [0.05, 0.1) is 6.04 Å². The number of thiazole rings is 1. The van der Waals surface area contributed by atoms with Gasteiger partial charge in [0.2, 0.25) is 0 Å². The molecule has 0 spiro atoms. The Bertz CT molecular complexity index is 364. The molecule has 2 rings (SSSR count). The lowest BCUT2D eigenvalue weighted by atomic mass is 10.00. The topological polar surface area (TPSA) is 28.2 Å². The maximum absolute atomic E-state index is 4.54. The van der Waals surface area contributed by atoms with Crippen molar-refractivity contribution >= 4 is 11.3 Å². The molecule has 1 aliphatic heterocycles. The first kappa shape index (κ1) is 14.0. The smallest absolute Gasteiger partial charge is 0.110 e. The summed E-state index contributed by atoms with van der Waals surface area (Å²) in [6, 6.07) is 1.16. The van der Waals surface area contributed by atoms with E-state index in [1.165, 1.54) is 37.2 Å². The van der Waals surface area contributed by atoms with Crippen molar-refractivity contribution in [2.45, 2.75) is 51.6 Å². The van der Waals surface area contributed by atoms with E-state index in [2.05, 4.69) is 41.5 Å². The summed E-state index contributed by atoms with van der Waals surface area (Å²) in [5.41, 5.74) is 1.13. The average molecular weight is 267 g/mol. The van der Waals surface area contributed by atoms with Crippen molar-refractivity contribution in [3.8, 4) is 0 Å². The Morgan fingerprint density at radius 2 is 2.39 bits per heavy atom. The summed E-state index contributed by atoms with van der Waals surface area (Å²) in [5.74, 6) is 0. The van der Waals surface area contributed by atoms with Gasteiger partial charge in [-0.05, 0) is 53.2 Å². The third kappa shape index (κ3) is 3.77. The number of aromatic nitrogens is 1. The van der Waals surface area contributed by atoms with Gasteiger partial charge < -0.3 is 10.2 Å². The molecule has 0 aliphatic carbocycles. The number of rotatable bonds is 5. The molecule has 1 N–H and O–H groups in total. The van der Waals surface area contributed by atoms with Crippen molar-refractivity contribution in [2.24, 2.45) is 0 Å². The predicted octanol–water partition coefficient (Wildman–Crippen LogP) is 2.98. The standard InChI is InChI=1S/C14H25N3S/c1-11-10-18-14(16-11)12(2)15-8-7-13-6-4-5-9-17(13)3/h10,12-13,15H,4-9H2,1-3H3. The van der Waals surface area contributed by atoms with Crippen molar-refractivity contribution in [3.63, 3.8) is 0 Å². The lowest BCUT2D eigenvalue weighted by Gasteiger charge is -2.32. The van der Waals surface area contributed by atoms with Crippen molar-refractivity contribution < 1.29 is 0 Å².